The molecule has 0 saturated heterocycles. The number of nitrogens with zero attached hydrogens (tertiary/aromatic N) is 6. The molecule has 0 saturated carbocycles. The van der Waals surface area contributed by atoms with Crippen LogP contribution in [-0.2, 0) is 6.54 Å². The van der Waals surface area contributed by atoms with Crippen molar-refractivity contribution >= 4 is 17.3 Å². The van der Waals surface area contributed by atoms with Crippen molar-refractivity contribution in [1.82, 2.24) is 29.4 Å². The maximum Gasteiger partial charge on any atom is 0.247 e. The van der Waals surface area contributed by atoms with Crippen LogP contribution in [0.15, 0.2) is 79.4 Å². The summed E-state index contributed by atoms with van der Waals surface area (Å²) in [6.45, 7) is 0.679. The van der Waals surface area contributed by atoms with Gasteiger partial charge in [0.05, 0.1) is 19.3 Å². The number of ether oxygens (including phenoxy) is 1. The van der Waals surface area contributed by atoms with Gasteiger partial charge >= 0.3 is 0 Å². The summed E-state index contributed by atoms with van der Waals surface area (Å²) in [6, 6.07) is 21.9. The van der Waals surface area contributed by atoms with Gasteiger partial charge in [0.1, 0.15) is 18.4 Å². The molecule has 3 aromatic heterocycles. The zero-order chi connectivity index (χ0) is 20.3. The Morgan fingerprint density at radius 2 is 1.80 bits per heavy atom. The van der Waals surface area contributed by atoms with Crippen molar-refractivity contribution < 1.29 is 4.74 Å². The van der Waals surface area contributed by atoms with Crippen LogP contribution in [-0.4, -0.2) is 36.5 Å². The number of pyridine rings is 1. The third-order valence-corrected chi connectivity index (χ3v) is 4.77. The molecule has 0 aliphatic carbocycles. The Hall–Kier alpha value is -4.20. The van der Waals surface area contributed by atoms with Gasteiger partial charge in [-0.05, 0) is 54.1 Å². The Morgan fingerprint density at radius 3 is 2.53 bits per heavy atom. The summed E-state index contributed by atoms with van der Waals surface area (Å²) in [4.78, 5) is 8.57. The van der Waals surface area contributed by atoms with Gasteiger partial charge in [0.25, 0.3) is 0 Å². The molecule has 5 aromatic rings. The first kappa shape index (κ1) is 17.9. The molecule has 1 N–H and O–H groups in total. The van der Waals surface area contributed by atoms with Crippen LogP contribution in [0.25, 0.3) is 16.9 Å². The van der Waals surface area contributed by atoms with Gasteiger partial charge in [-0.15, -0.1) is 5.10 Å². The number of methoxy groups -OCH3 is 1. The first-order valence-electron chi connectivity index (χ1n) is 9.47. The highest BCUT2D eigenvalue weighted by Gasteiger charge is 2.09. The summed E-state index contributed by atoms with van der Waals surface area (Å²) in [7, 11) is 1.66. The lowest BCUT2D eigenvalue weighted by atomic mass is 10.1. The van der Waals surface area contributed by atoms with Crippen LogP contribution in [0, 0.1) is 0 Å². The van der Waals surface area contributed by atoms with Crippen molar-refractivity contribution in [3.63, 3.8) is 0 Å². The Bertz CT molecular complexity index is 1260. The molecule has 0 amide bonds. The van der Waals surface area contributed by atoms with Gasteiger partial charge in [-0.2, -0.15) is 10.1 Å². The highest BCUT2D eigenvalue weighted by molar-refractivity contribution is 5.65. The van der Waals surface area contributed by atoms with E-state index in [1.165, 1.54) is 6.33 Å². The van der Waals surface area contributed by atoms with E-state index in [4.69, 9.17) is 4.74 Å². The zero-order valence-electron chi connectivity index (χ0n) is 16.3. The minimum absolute atomic E-state index is 0.542. The predicted molar refractivity (Wildman–Crippen MR) is 114 cm³/mol. The molecular weight excluding hydrogens is 378 g/mol. The molecule has 8 heteroatoms. The molecule has 0 atom stereocenters. The fourth-order valence-electron chi connectivity index (χ4n) is 3.26. The first-order chi connectivity index (χ1) is 14.8. The normalized spacial score (nSPS) is 11.0. The average molecular weight is 397 g/mol. The van der Waals surface area contributed by atoms with Crippen molar-refractivity contribution in [2.75, 3.05) is 12.4 Å². The summed E-state index contributed by atoms with van der Waals surface area (Å²) < 4.78 is 8.87. The summed E-state index contributed by atoms with van der Waals surface area (Å²) >= 11 is 0. The van der Waals surface area contributed by atoms with Gasteiger partial charge in [-0.3, -0.25) is 0 Å². The topological polar surface area (TPSA) is 82.2 Å². The maximum atomic E-state index is 5.25. The van der Waals surface area contributed by atoms with E-state index in [0.29, 0.717) is 12.5 Å². The minimum Gasteiger partial charge on any atom is -0.497 e. The highest BCUT2D eigenvalue weighted by atomic mass is 16.5. The SMILES string of the molecule is COc1ccc(-c2cccc3nc(Nc4ccc(Cn5cncn5)cc4)nn23)cc1. The van der Waals surface area contributed by atoms with Gasteiger partial charge < -0.3 is 10.1 Å². The maximum absolute atomic E-state index is 5.25. The number of hydrogen-bond acceptors (Lipinski definition) is 6. The lowest BCUT2D eigenvalue weighted by molar-refractivity contribution is 0.415. The van der Waals surface area contributed by atoms with Gasteiger partial charge in [0, 0.05) is 11.3 Å². The summed E-state index contributed by atoms with van der Waals surface area (Å²) in [5, 5.41) is 12.1. The van der Waals surface area contributed by atoms with E-state index in [2.05, 4.69) is 25.5 Å². The Morgan fingerprint density at radius 1 is 0.967 bits per heavy atom. The molecule has 148 valence electrons. The van der Waals surface area contributed by atoms with Crippen LogP contribution in [0.3, 0.4) is 0 Å². The van der Waals surface area contributed by atoms with E-state index >= 15 is 0 Å². The van der Waals surface area contributed by atoms with Crippen LogP contribution in [0.5, 0.6) is 5.75 Å². The quantitative estimate of drug-likeness (QED) is 0.469. The summed E-state index contributed by atoms with van der Waals surface area (Å²) in [5.74, 6) is 1.36. The van der Waals surface area contributed by atoms with Crippen LogP contribution < -0.4 is 10.1 Å². The summed E-state index contributed by atoms with van der Waals surface area (Å²) in [6.07, 6.45) is 3.23. The summed E-state index contributed by atoms with van der Waals surface area (Å²) in [5.41, 5.74) is 4.82. The molecule has 5 rings (SSSR count). The van der Waals surface area contributed by atoms with Gasteiger partial charge in [0.2, 0.25) is 5.95 Å². The molecule has 0 fully saturated rings. The van der Waals surface area contributed by atoms with Gasteiger partial charge in [-0.25, -0.2) is 14.2 Å². The lowest BCUT2D eigenvalue weighted by Gasteiger charge is -2.06. The predicted octanol–water partition coefficient (Wildman–Crippen LogP) is 3.79. The molecule has 30 heavy (non-hydrogen) atoms. The van der Waals surface area contributed by atoms with Crippen LogP contribution in [0.2, 0.25) is 0 Å². The molecule has 0 aliphatic heterocycles. The zero-order valence-corrected chi connectivity index (χ0v) is 16.3. The fraction of sp³-hybridized carbons (Fsp3) is 0.0909. The minimum atomic E-state index is 0.542. The fourth-order valence-corrected chi connectivity index (χ4v) is 3.26. The van der Waals surface area contributed by atoms with Gasteiger partial charge in [-0.1, -0.05) is 18.2 Å². The van der Waals surface area contributed by atoms with E-state index < -0.39 is 0 Å². The monoisotopic (exact) mass is 397 g/mol. The van der Waals surface area contributed by atoms with Gasteiger partial charge in [0.15, 0.2) is 5.65 Å². The number of fused-ring (bicyclic) bond motifs is 1. The van der Waals surface area contributed by atoms with E-state index in [1.807, 2.05) is 71.2 Å². The number of rotatable bonds is 6. The lowest BCUT2D eigenvalue weighted by Crippen LogP contribution is -2.00. The largest absolute Gasteiger partial charge is 0.497 e. The van der Waals surface area contributed by atoms with Crippen molar-refractivity contribution in [3.8, 4) is 17.0 Å². The molecule has 0 radical (unpaired) electrons. The van der Waals surface area contributed by atoms with E-state index in [1.54, 1.807) is 18.1 Å². The Labute approximate surface area is 172 Å². The van der Waals surface area contributed by atoms with Crippen molar-refractivity contribution in [3.05, 3.63) is 84.9 Å². The molecule has 0 bridgehead atoms. The van der Waals surface area contributed by atoms with Crippen LogP contribution in [0.4, 0.5) is 11.6 Å². The van der Waals surface area contributed by atoms with Crippen molar-refractivity contribution in [2.45, 2.75) is 6.54 Å². The smallest absolute Gasteiger partial charge is 0.247 e. The van der Waals surface area contributed by atoms with E-state index in [0.717, 1.165) is 33.9 Å². The van der Waals surface area contributed by atoms with Crippen LogP contribution >= 0.6 is 0 Å². The van der Waals surface area contributed by atoms with Crippen LogP contribution in [0.1, 0.15) is 5.56 Å². The third-order valence-electron chi connectivity index (χ3n) is 4.77. The molecular formula is C22H19N7O. The number of anilines is 2. The number of benzene rings is 2. The number of nitrogens with one attached hydrogen (secondary N) is 1. The standard InChI is InChI=1S/C22H19N7O/c1-30-19-11-7-17(8-12-19)20-3-2-4-21-26-22(27-29(20)21)25-18-9-5-16(6-10-18)13-28-15-23-14-24-28/h2-12,14-15H,13H2,1H3,(H,25,27). The second-order valence-electron chi connectivity index (χ2n) is 6.76. The number of aromatic nitrogens is 6. The second kappa shape index (κ2) is 7.67. The highest BCUT2D eigenvalue weighted by Crippen LogP contribution is 2.24. The van der Waals surface area contributed by atoms with E-state index in [9.17, 15) is 0 Å². The Kier molecular flexibility index (Phi) is 4.57. The first-order valence-corrected chi connectivity index (χ1v) is 9.47. The average Bonchev–Trinajstić information content (AvgIpc) is 3.44. The van der Waals surface area contributed by atoms with E-state index in [-0.39, 0.29) is 0 Å². The molecule has 8 nitrogen and oxygen atoms in total. The Balaban J connectivity index is 1.38. The third kappa shape index (κ3) is 3.58. The number of hydrogen-bond donors (Lipinski definition) is 1. The molecule has 0 aliphatic rings. The molecule has 0 unspecified atom stereocenters. The molecule has 3 heterocycles. The van der Waals surface area contributed by atoms with Crippen molar-refractivity contribution in [2.24, 2.45) is 0 Å². The molecule has 2 aromatic carbocycles. The van der Waals surface area contributed by atoms with Crippen molar-refractivity contribution in [1.29, 1.82) is 0 Å². The second-order valence-corrected chi connectivity index (χ2v) is 6.76. The molecule has 0 spiro atoms.